The van der Waals surface area contributed by atoms with Gasteiger partial charge in [-0.05, 0) is 49.6 Å². The molecule has 2 aromatic carbocycles. The number of carbonyl (C=O) groups excluding carboxylic acids is 1. The van der Waals surface area contributed by atoms with Gasteiger partial charge in [0.25, 0.3) is 5.91 Å². The minimum atomic E-state index is 0.0588. The molecule has 5 nitrogen and oxygen atoms in total. The molecule has 5 heteroatoms. The Kier molecular flexibility index (Phi) is 7.53. The first-order chi connectivity index (χ1) is 14.1. The van der Waals surface area contributed by atoms with Gasteiger partial charge in [0.1, 0.15) is 0 Å². The Hall–Kier alpha value is -2.53. The number of ether oxygens (including phenoxy) is 2. The summed E-state index contributed by atoms with van der Waals surface area (Å²) in [4.78, 5) is 17.4. The van der Waals surface area contributed by atoms with Crippen molar-refractivity contribution in [3.05, 3.63) is 59.2 Å². The quantitative estimate of drug-likeness (QED) is 0.673. The average Bonchev–Trinajstić information content (AvgIpc) is 2.75. The summed E-state index contributed by atoms with van der Waals surface area (Å²) in [5, 5.41) is 0. The van der Waals surface area contributed by atoms with Crippen LogP contribution in [0, 0.1) is 6.92 Å². The predicted molar refractivity (Wildman–Crippen MR) is 116 cm³/mol. The molecule has 0 unspecified atom stereocenters. The van der Waals surface area contributed by atoms with E-state index < -0.39 is 0 Å². The van der Waals surface area contributed by atoms with E-state index in [1.54, 1.807) is 0 Å². The smallest absolute Gasteiger partial charge is 0.254 e. The molecule has 0 atom stereocenters. The van der Waals surface area contributed by atoms with Crippen molar-refractivity contribution in [3.63, 3.8) is 0 Å². The zero-order chi connectivity index (χ0) is 20.6. The standard InChI is InChI=1S/C24H32N2O3/c1-4-16-29-22-11-10-20(17-23(22)28-5-2)24(27)26-14-12-25(13-15-26)18-21-9-7-6-8-19(21)3/h6-11,17H,4-5,12-16,18H2,1-3H3. The molecule has 1 heterocycles. The molecule has 0 saturated carbocycles. The molecule has 0 bridgehead atoms. The van der Waals surface area contributed by atoms with Gasteiger partial charge in [0, 0.05) is 38.3 Å². The van der Waals surface area contributed by atoms with Crippen LogP contribution in [-0.4, -0.2) is 55.1 Å². The summed E-state index contributed by atoms with van der Waals surface area (Å²) >= 11 is 0. The number of benzene rings is 2. The Balaban J connectivity index is 1.61. The highest BCUT2D eigenvalue weighted by Gasteiger charge is 2.23. The highest BCUT2D eigenvalue weighted by atomic mass is 16.5. The van der Waals surface area contributed by atoms with Gasteiger partial charge in [-0.3, -0.25) is 9.69 Å². The van der Waals surface area contributed by atoms with Crippen molar-refractivity contribution in [1.29, 1.82) is 0 Å². The third-order valence-corrected chi connectivity index (χ3v) is 5.27. The van der Waals surface area contributed by atoms with Crippen LogP contribution < -0.4 is 9.47 Å². The fraction of sp³-hybridized carbons (Fsp3) is 0.458. The summed E-state index contributed by atoms with van der Waals surface area (Å²) in [6.07, 6.45) is 0.930. The van der Waals surface area contributed by atoms with Crippen LogP contribution in [0.3, 0.4) is 0 Å². The van der Waals surface area contributed by atoms with E-state index in [1.807, 2.05) is 30.0 Å². The monoisotopic (exact) mass is 396 g/mol. The fourth-order valence-corrected chi connectivity index (χ4v) is 3.56. The Morgan fingerprint density at radius 2 is 1.72 bits per heavy atom. The lowest BCUT2D eigenvalue weighted by atomic mass is 10.1. The van der Waals surface area contributed by atoms with Crippen LogP contribution in [0.4, 0.5) is 0 Å². The van der Waals surface area contributed by atoms with Gasteiger partial charge in [-0.1, -0.05) is 31.2 Å². The molecule has 0 aliphatic carbocycles. The van der Waals surface area contributed by atoms with Crippen molar-refractivity contribution in [3.8, 4) is 11.5 Å². The summed E-state index contributed by atoms with van der Waals surface area (Å²) in [5.41, 5.74) is 3.33. The van der Waals surface area contributed by atoms with Gasteiger partial charge in [0.05, 0.1) is 13.2 Å². The number of amides is 1. The van der Waals surface area contributed by atoms with Gasteiger partial charge in [0.15, 0.2) is 11.5 Å². The average molecular weight is 397 g/mol. The molecule has 3 rings (SSSR count). The van der Waals surface area contributed by atoms with Gasteiger partial charge in [-0.25, -0.2) is 0 Å². The number of hydrogen-bond acceptors (Lipinski definition) is 4. The van der Waals surface area contributed by atoms with Crippen molar-refractivity contribution in [1.82, 2.24) is 9.80 Å². The maximum absolute atomic E-state index is 13.0. The fourth-order valence-electron chi connectivity index (χ4n) is 3.56. The van der Waals surface area contributed by atoms with Crippen LogP contribution in [0.15, 0.2) is 42.5 Å². The van der Waals surface area contributed by atoms with E-state index in [1.165, 1.54) is 11.1 Å². The molecule has 2 aromatic rings. The lowest BCUT2D eigenvalue weighted by Crippen LogP contribution is -2.48. The molecule has 0 spiro atoms. The van der Waals surface area contributed by atoms with E-state index in [2.05, 4.69) is 43.0 Å². The molecule has 1 saturated heterocycles. The summed E-state index contributed by atoms with van der Waals surface area (Å²) < 4.78 is 11.4. The van der Waals surface area contributed by atoms with Gasteiger partial charge >= 0.3 is 0 Å². The number of rotatable bonds is 8. The molecule has 29 heavy (non-hydrogen) atoms. The summed E-state index contributed by atoms with van der Waals surface area (Å²) in [6, 6.07) is 14.0. The predicted octanol–water partition coefficient (Wildman–Crippen LogP) is 4.14. The molecular weight excluding hydrogens is 364 g/mol. The van der Waals surface area contributed by atoms with E-state index in [0.717, 1.165) is 39.1 Å². The first kappa shape index (κ1) is 21.2. The molecule has 1 amide bonds. The van der Waals surface area contributed by atoms with Crippen LogP contribution in [-0.2, 0) is 6.54 Å². The van der Waals surface area contributed by atoms with E-state index in [-0.39, 0.29) is 5.91 Å². The molecule has 0 aromatic heterocycles. The number of carbonyl (C=O) groups is 1. The lowest BCUT2D eigenvalue weighted by Gasteiger charge is -2.35. The zero-order valence-electron chi connectivity index (χ0n) is 17.8. The molecule has 1 aliphatic heterocycles. The lowest BCUT2D eigenvalue weighted by molar-refractivity contribution is 0.0627. The number of nitrogens with zero attached hydrogens (tertiary/aromatic N) is 2. The third-order valence-electron chi connectivity index (χ3n) is 5.27. The molecule has 0 N–H and O–H groups in total. The molecule has 0 radical (unpaired) electrons. The largest absolute Gasteiger partial charge is 0.490 e. The summed E-state index contributed by atoms with van der Waals surface area (Å²) in [5.74, 6) is 1.40. The summed E-state index contributed by atoms with van der Waals surface area (Å²) in [6.45, 7) is 11.5. The summed E-state index contributed by atoms with van der Waals surface area (Å²) in [7, 11) is 0. The number of aryl methyl sites for hydroxylation is 1. The van der Waals surface area contributed by atoms with Crippen LogP contribution in [0.25, 0.3) is 0 Å². The molecular formula is C24H32N2O3. The molecule has 1 aliphatic rings. The van der Waals surface area contributed by atoms with Crippen molar-refractivity contribution < 1.29 is 14.3 Å². The minimum absolute atomic E-state index is 0.0588. The van der Waals surface area contributed by atoms with Crippen molar-refractivity contribution in [2.75, 3.05) is 39.4 Å². The number of hydrogen-bond donors (Lipinski definition) is 0. The van der Waals surface area contributed by atoms with E-state index in [9.17, 15) is 4.79 Å². The van der Waals surface area contributed by atoms with Crippen molar-refractivity contribution in [2.24, 2.45) is 0 Å². The maximum atomic E-state index is 13.0. The Labute approximate surface area is 174 Å². The highest BCUT2D eigenvalue weighted by Crippen LogP contribution is 2.29. The zero-order valence-corrected chi connectivity index (χ0v) is 17.8. The van der Waals surface area contributed by atoms with Gasteiger partial charge < -0.3 is 14.4 Å². The van der Waals surface area contributed by atoms with Crippen molar-refractivity contribution >= 4 is 5.91 Å². The Bertz CT molecular complexity index is 814. The topological polar surface area (TPSA) is 42.0 Å². The van der Waals surface area contributed by atoms with Gasteiger partial charge in [-0.15, -0.1) is 0 Å². The van der Waals surface area contributed by atoms with E-state index >= 15 is 0 Å². The second kappa shape index (κ2) is 10.3. The third kappa shape index (κ3) is 5.51. The van der Waals surface area contributed by atoms with E-state index in [4.69, 9.17) is 9.47 Å². The SMILES string of the molecule is CCCOc1ccc(C(=O)N2CCN(Cc3ccccc3C)CC2)cc1OCC. The van der Waals surface area contributed by atoms with Crippen LogP contribution in [0.2, 0.25) is 0 Å². The van der Waals surface area contributed by atoms with Gasteiger partial charge in [0.2, 0.25) is 0 Å². The maximum Gasteiger partial charge on any atom is 0.254 e. The first-order valence-corrected chi connectivity index (χ1v) is 10.6. The minimum Gasteiger partial charge on any atom is -0.490 e. The van der Waals surface area contributed by atoms with Crippen LogP contribution in [0.5, 0.6) is 11.5 Å². The van der Waals surface area contributed by atoms with Crippen LogP contribution >= 0.6 is 0 Å². The first-order valence-electron chi connectivity index (χ1n) is 10.6. The highest BCUT2D eigenvalue weighted by molar-refractivity contribution is 5.95. The van der Waals surface area contributed by atoms with E-state index in [0.29, 0.717) is 30.3 Å². The normalized spacial score (nSPS) is 14.7. The molecule has 156 valence electrons. The second-order valence-corrected chi connectivity index (χ2v) is 7.44. The number of piperazine rings is 1. The van der Waals surface area contributed by atoms with Crippen LogP contribution in [0.1, 0.15) is 41.8 Å². The Morgan fingerprint density at radius 1 is 0.966 bits per heavy atom. The molecule has 1 fully saturated rings. The Morgan fingerprint density at radius 3 is 2.41 bits per heavy atom. The second-order valence-electron chi connectivity index (χ2n) is 7.44. The van der Waals surface area contributed by atoms with Gasteiger partial charge in [-0.2, -0.15) is 0 Å². The van der Waals surface area contributed by atoms with Crippen molar-refractivity contribution in [2.45, 2.75) is 33.7 Å².